The van der Waals surface area contributed by atoms with Crippen LogP contribution in [0.2, 0.25) is 0 Å². The van der Waals surface area contributed by atoms with Crippen molar-refractivity contribution >= 4 is 23.3 Å². The monoisotopic (exact) mass is 417 g/mol. The van der Waals surface area contributed by atoms with E-state index in [9.17, 15) is 18.0 Å². The molecule has 0 saturated carbocycles. The van der Waals surface area contributed by atoms with Gasteiger partial charge in [-0.15, -0.1) is 0 Å². The summed E-state index contributed by atoms with van der Waals surface area (Å²) in [5.74, 6) is -1.92. The molecule has 0 aliphatic carbocycles. The molecule has 156 valence electrons. The molecule has 2 aromatic heterocycles. The Bertz CT molecular complexity index is 1020. The fraction of sp³-hybridized carbons (Fsp3) is 0.150. The average Bonchev–Trinajstić information content (AvgIpc) is 2.73. The number of aliphatic imine (C=N–C) groups is 2. The van der Waals surface area contributed by atoms with E-state index in [-0.39, 0.29) is 35.2 Å². The second kappa shape index (κ2) is 10.6. The van der Waals surface area contributed by atoms with Gasteiger partial charge in [0.05, 0.1) is 18.4 Å². The second-order valence-corrected chi connectivity index (χ2v) is 5.57. The lowest BCUT2D eigenvalue weighted by Crippen LogP contribution is -2.18. The highest BCUT2D eigenvalue weighted by Crippen LogP contribution is 2.18. The van der Waals surface area contributed by atoms with Gasteiger partial charge in [0.15, 0.2) is 17.5 Å². The fourth-order valence-corrected chi connectivity index (χ4v) is 2.12. The smallest absolute Gasteiger partial charge is 0.338 e. The van der Waals surface area contributed by atoms with Crippen LogP contribution in [0.1, 0.15) is 24.7 Å². The summed E-state index contributed by atoms with van der Waals surface area (Å²) in [7, 11) is 0. The van der Waals surface area contributed by atoms with Crippen molar-refractivity contribution in [2.24, 2.45) is 15.7 Å². The predicted octanol–water partition coefficient (Wildman–Crippen LogP) is 3.66. The van der Waals surface area contributed by atoms with E-state index in [1.54, 1.807) is 6.92 Å². The van der Waals surface area contributed by atoms with Gasteiger partial charge < -0.3 is 10.5 Å². The molecule has 0 aromatic carbocycles. The van der Waals surface area contributed by atoms with E-state index in [4.69, 9.17) is 10.5 Å². The minimum atomic E-state index is -2.80. The first kappa shape index (κ1) is 22.5. The first-order chi connectivity index (χ1) is 14.3. The van der Waals surface area contributed by atoms with Crippen LogP contribution in [0.3, 0.4) is 0 Å². The van der Waals surface area contributed by atoms with Crippen molar-refractivity contribution in [3.63, 3.8) is 0 Å². The topological polar surface area (TPSA) is 103 Å². The normalized spacial score (nSPS) is 12.8. The number of hydrogen-bond donors (Lipinski definition) is 1. The van der Waals surface area contributed by atoms with Crippen molar-refractivity contribution in [1.29, 1.82) is 0 Å². The maximum Gasteiger partial charge on any atom is 0.338 e. The van der Waals surface area contributed by atoms with Crippen molar-refractivity contribution in [3.8, 4) is 0 Å². The molecule has 30 heavy (non-hydrogen) atoms. The second-order valence-electron chi connectivity index (χ2n) is 5.57. The van der Waals surface area contributed by atoms with Crippen molar-refractivity contribution in [2.75, 3.05) is 6.61 Å². The number of carbonyl (C=O) groups is 1. The zero-order valence-corrected chi connectivity index (χ0v) is 15.9. The van der Waals surface area contributed by atoms with E-state index >= 15 is 0 Å². The molecular formula is C20H18F3N5O2. The third kappa shape index (κ3) is 6.09. The van der Waals surface area contributed by atoms with E-state index in [0.717, 1.165) is 12.3 Å². The number of carbonyl (C=O) groups excluding carboxylic acids is 1. The molecule has 0 unspecified atom stereocenters. The predicted molar refractivity (Wildman–Crippen MR) is 106 cm³/mol. The number of halogens is 3. The Morgan fingerprint density at radius 1 is 1.37 bits per heavy atom. The quantitative estimate of drug-likeness (QED) is 0.243. The van der Waals surface area contributed by atoms with Crippen molar-refractivity contribution in [1.82, 2.24) is 9.97 Å². The van der Waals surface area contributed by atoms with Gasteiger partial charge in [0.1, 0.15) is 17.1 Å². The third-order valence-corrected chi connectivity index (χ3v) is 3.49. The van der Waals surface area contributed by atoms with E-state index < -0.39 is 23.9 Å². The van der Waals surface area contributed by atoms with Gasteiger partial charge in [-0.3, -0.25) is 4.98 Å². The Kier molecular flexibility index (Phi) is 7.98. The van der Waals surface area contributed by atoms with E-state index in [2.05, 4.69) is 26.5 Å². The van der Waals surface area contributed by atoms with Gasteiger partial charge in [-0.25, -0.2) is 32.9 Å². The number of aromatic nitrogens is 2. The number of nitrogens with two attached hydrogens (primary N) is 1. The largest absolute Gasteiger partial charge is 0.462 e. The number of hydrogen-bond acceptors (Lipinski definition) is 5. The Labute approximate surface area is 170 Å². The zero-order chi connectivity index (χ0) is 22.1. The van der Waals surface area contributed by atoms with Gasteiger partial charge >= 0.3 is 5.97 Å². The standard InChI is InChI=1S/C20H18F3N5O2/c1-3-12(20(29)30-4-2)10-17(27-14-8-9-25-11-13(14)21)28-19(24)16-7-5-6-15(26-16)18(22)23/h3,5-11,18H,1,4H2,2H3,(H2,24,25,27,28)/b12-10-. The third-order valence-electron chi connectivity index (χ3n) is 3.49. The summed E-state index contributed by atoms with van der Waals surface area (Å²) in [4.78, 5) is 27.5. The molecule has 0 radical (unpaired) electrons. The molecule has 0 fully saturated rings. The first-order valence-electron chi connectivity index (χ1n) is 8.64. The highest BCUT2D eigenvalue weighted by molar-refractivity contribution is 6.11. The number of nitrogens with zero attached hydrogens (tertiary/aromatic N) is 4. The van der Waals surface area contributed by atoms with Crippen LogP contribution in [0, 0.1) is 5.82 Å². The van der Waals surface area contributed by atoms with Gasteiger partial charge in [0, 0.05) is 6.20 Å². The number of pyridine rings is 2. The molecule has 2 aromatic rings. The lowest BCUT2D eigenvalue weighted by atomic mass is 10.2. The molecule has 0 spiro atoms. The van der Waals surface area contributed by atoms with Crippen LogP contribution in [-0.2, 0) is 9.53 Å². The Hall–Kier alpha value is -3.82. The van der Waals surface area contributed by atoms with E-state index in [1.165, 1.54) is 36.5 Å². The number of alkyl halides is 2. The van der Waals surface area contributed by atoms with Crippen molar-refractivity contribution in [3.05, 3.63) is 78.2 Å². The van der Waals surface area contributed by atoms with Gasteiger partial charge in [-0.05, 0) is 31.2 Å². The van der Waals surface area contributed by atoms with Crippen LogP contribution in [0.4, 0.5) is 18.9 Å². The van der Waals surface area contributed by atoms with Crippen LogP contribution in [0.15, 0.2) is 70.9 Å². The Morgan fingerprint density at radius 2 is 2.13 bits per heavy atom. The van der Waals surface area contributed by atoms with E-state index in [1.807, 2.05) is 0 Å². The fourth-order valence-electron chi connectivity index (χ4n) is 2.12. The molecular weight excluding hydrogens is 399 g/mol. The van der Waals surface area contributed by atoms with Crippen molar-refractivity contribution < 1.29 is 22.7 Å². The molecule has 2 heterocycles. The SMILES string of the molecule is C=C/C(=C/C(=Nc1ccncc1F)N=C(N)c1cccc(C(F)F)n1)C(=O)OCC. The number of rotatable bonds is 7. The van der Waals surface area contributed by atoms with Crippen LogP contribution < -0.4 is 5.73 Å². The van der Waals surface area contributed by atoms with Crippen LogP contribution in [-0.4, -0.2) is 34.2 Å². The Balaban J connectivity index is 2.57. The van der Waals surface area contributed by atoms with E-state index in [0.29, 0.717) is 0 Å². The van der Waals surface area contributed by atoms with Gasteiger partial charge in [-0.2, -0.15) is 0 Å². The molecule has 0 aliphatic rings. The van der Waals surface area contributed by atoms with Crippen LogP contribution in [0.25, 0.3) is 0 Å². The molecule has 0 saturated heterocycles. The molecule has 0 bridgehead atoms. The van der Waals surface area contributed by atoms with Crippen LogP contribution in [0.5, 0.6) is 0 Å². The lowest BCUT2D eigenvalue weighted by molar-refractivity contribution is -0.138. The molecule has 0 amide bonds. The van der Waals surface area contributed by atoms with Crippen molar-refractivity contribution in [2.45, 2.75) is 13.3 Å². The lowest BCUT2D eigenvalue weighted by Gasteiger charge is -2.06. The highest BCUT2D eigenvalue weighted by Gasteiger charge is 2.13. The van der Waals surface area contributed by atoms with Gasteiger partial charge in [0.25, 0.3) is 6.43 Å². The first-order valence-corrected chi connectivity index (χ1v) is 8.64. The van der Waals surface area contributed by atoms with Gasteiger partial charge in [-0.1, -0.05) is 18.7 Å². The average molecular weight is 417 g/mol. The zero-order valence-electron chi connectivity index (χ0n) is 15.9. The number of esters is 1. The molecule has 10 heteroatoms. The molecule has 0 aliphatic heterocycles. The number of amidine groups is 2. The summed E-state index contributed by atoms with van der Waals surface area (Å²) in [5.41, 5.74) is 5.22. The summed E-state index contributed by atoms with van der Waals surface area (Å²) in [6.07, 6.45) is 1.84. The molecule has 0 atom stereocenters. The molecule has 7 nitrogen and oxygen atoms in total. The minimum absolute atomic E-state index is 0.0177. The summed E-state index contributed by atoms with van der Waals surface area (Å²) < 4.78 is 44.7. The highest BCUT2D eigenvalue weighted by atomic mass is 19.3. The minimum Gasteiger partial charge on any atom is -0.462 e. The Morgan fingerprint density at radius 3 is 2.77 bits per heavy atom. The summed E-state index contributed by atoms with van der Waals surface area (Å²) >= 11 is 0. The van der Waals surface area contributed by atoms with Crippen LogP contribution >= 0.6 is 0 Å². The summed E-state index contributed by atoms with van der Waals surface area (Å²) in [6, 6.07) is 5.13. The molecule has 2 rings (SSSR count). The maximum atomic E-state index is 14.0. The van der Waals surface area contributed by atoms with Gasteiger partial charge in [0.2, 0.25) is 0 Å². The number of ether oxygens (including phenoxy) is 1. The molecule has 2 N–H and O–H groups in total. The maximum absolute atomic E-state index is 14.0. The summed E-state index contributed by atoms with van der Waals surface area (Å²) in [5, 5.41) is 0. The summed E-state index contributed by atoms with van der Waals surface area (Å²) in [6.45, 7) is 5.27.